The van der Waals surface area contributed by atoms with Crippen LogP contribution in [0.15, 0.2) is 0 Å². The standard InChI is InChI=1S/C81H157N3O13S/c1-7-13-19-25-31-37-40-46-52-58-69(92-61-55-49-43-34-28-22-16-10-4)64-74(86)82-72(80(89)90)68-95-81-78(84-76(88)66-71(60-54-48-42-39-33-27-21-15-9-3)94-63-57-51-45-36-30-24-18-12-6)77(79(97-98-91)73(67-85)96-81)83-75(87)65-70(59-53-47-41-38-32-26-20-14-8-2)93-62-56-50-44-35-29-23-17-11-5/h69-73,77-79,81,85,91H,7-68H2,1-6H3,(H,82,86)(H,83,87)(H,84,88)(H,89,90). The lowest BCUT2D eigenvalue weighted by Crippen LogP contribution is -2.70. The van der Waals surface area contributed by atoms with E-state index in [0.29, 0.717) is 39.1 Å². The van der Waals surface area contributed by atoms with Crippen LogP contribution in [0.2, 0.25) is 0 Å². The number of carbonyl (C=O) groups excluding carboxylic acids is 3. The third kappa shape index (κ3) is 54.5. The van der Waals surface area contributed by atoms with Crippen LogP contribution in [0.4, 0.5) is 0 Å². The molecule has 0 bridgehead atoms. The Hall–Kier alpha value is -2.09. The zero-order chi connectivity index (χ0) is 71.4. The number of aliphatic hydroxyl groups is 1. The van der Waals surface area contributed by atoms with E-state index in [4.69, 9.17) is 27.9 Å². The van der Waals surface area contributed by atoms with Gasteiger partial charge in [0.25, 0.3) is 0 Å². The van der Waals surface area contributed by atoms with Gasteiger partial charge in [0.15, 0.2) is 24.7 Å². The zero-order valence-corrected chi connectivity index (χ0v) is 65.2. The van der Waals surface area contributed by atoms with Crippen molar-refractivity contribution in [1.29, 1.82) is 0 Å². The van der Waals surface area contributed by atoms with Gasteiger partial charge in [0, 0.05) is 19.8 Å². The molecule has 1 fully saturated rings. The summed E-state index contributed by atoms with van der Waals surface area (Å²) in [6.45, 7) is 13.8. The second-order valence-corrected chi connectivity index (χ2v) is 29.5. The van der Waals surface area contributed by atoms with E-state index in [1.165, 1.54) is 212 Å². The molecule has 16 nitrogen and oxygen atoms in total. The van der Waals surface area contributed by atoms with Gasteiger partial charge in [0.05, 0.1) is 56.8 Å². The molecule has 1 saturated heterocycles. The van der Waals surface area contributed by atoms with Crippen molar-refractivity contribution in [3.63, 3.8) is 0 Å². The Morgan fingerprint density at radius 1 is 0.388 bits per heavy atom. The summed E-state index contributed by atoms with van der Waals surface area (Å²) < 4.78 is 48.7. The Labute approximate surface area is 606 Å². The SMILES string of the molecule is CCCCCCCCCCCC(CC(=O)NC(COC1OC(CO)C(OSO)C(NC(=O)CC(CCCCCCCCCCC)OCCCCCCCCCC)C1NC(=O)CC(CCCCCCCCCCC)OCCCCCCCCCC)C(=O)O)OCCCCCCCCCC. The number of aliphatic carboxylic acids is 1. The number of carboxylic acids is 1. The Morgan fingerprint density at radius 2 is 0.663 bits per heavy atom. The first kappa shape index (κ1) is 93.9. The highest BCUT2D eigenvalue weighted by Gasteiger charge is 2.49. The largest absolute Gasteiger partial charge is 0.480 e. The van der Waals surface area contributed by atoms with Crippen molar-refractivity contribution in [1.82, 2.24) is 16.0 Å². The van der Waals surface area contributed by atoms with Crippen molar-refractivity contribution >= 4 is 36.0 Å². The van der Waals surface area contributed by atoms with Crippen molar-refractivity contribution in [2.24, 2.45) is 0 Å². The van der Waals surface area contributed by atoms with Crippen molar-refractivity contribution in [2.45, 2.75) is 462 Å². The molecule has 1 aliphatic heterocycles. The molecular weight excluding hydrogens is 1250 g/mol. The number of nitrogens with one attached hydrogen (secondary N) is 3. The molecule has 98 heavy (non-hydrogen) atoms. The van der Waals surface area contributed by atoms with Gasteiger partial charge in [-0.05, 0) is 38.5 Å². The second-order valence-electron chi connectivity index (χ2n) is 29.2. The fourth-order valence-corrected chi connectivity index (χ4v) is 14.0. The smallest absolute Gasteiger partial charge is 0.328 e. The van der Waals surface area contributed by atoms with Crippen molar-refractivity contribution < 1.29 is 61.8 Å². The molecule has 0 saturated carbocycles. The third-order valence-electron chi connectivity index (χ3n) is 19.9. The number of hydrogen-bond acceptors (Lipinski definition) is 13. The van der Waals surface area contributed by atoms with E-state index >= 15 is 0 Å². The molecule has 0 aromatic rings. The molecule has 9 unspecified atom stereocenters. The molecule has 580 valence electrons. The van der Waals surface area contributed by atoms with Gasteiger partial charge < -0.3 is 54.4 Å². The Balaban J connectivity index is 3.63. The summed E-state index contributed by atoms with van der Waals surface area (Å²) in [4.78, 5) is 56.8. The van der Waals surface area contributed by atoms with Crippen LogP contribution in [0.5, 0.6) is 0 Å². The summed E-state index contributed by atoms with van der Waals surface area (Å²) in [5, 5.41) is 30.8. The first-order chi connectivity index (χ1) is 48.0. The topological polar surface area (TPSA) is 220 Å². The fourth-order valence-electron chi connectivity index (χ4n) is 13.7. The van der Waals surface area contributed by atoms with Crippen LogP contribution in [0.3, 0.4) is 0 Å². The number of amides is 3. The van der Waals surface area contributed by atoms with Gasteiger partial charge in [-0.15, -0.1) is 0 Å². The fraction of sp³-hybridized carbons (Fsp3) is 0.951. The molecule has 0 spiro atoms. The third-order valence-corrected chi connectivity index (χ3v) is 20.3. The lowest BCUT2D eigenvalue weighted by Gasteiger charge is -2.46. The first-order valence-electron chi connectivity index (χ1n) is 41.8. The summed E-state index contributed by atoms with van der Waals surface area (Å²) in [6, 6.07) is -3.91. The van der Waals surface area contributed by atoms with Gasteiger partial charge in [-0.2, -0.15) is 0 Å². The monoisotopic (exact) mass is 1410 g/mol. The van der Waals surface area contributed by atoms with Crippen molar-refractivity contribution in [3.05, 3.63) is 0 Å². The number of aliphatic hydroxyl groups excluding tert-OH is 1. The summed E-state index contributed by atoms with van der Waals surface area (Å²) in [7, 11) is 0. The van der Waals surface area contributed by atoms with E-state index in [1.54, 1.807) is 0 Å². The minimum Gasteiger partial charge on any atom is -0.480 e. The van der Waals surface area contributed by atoms with Crippen LogP contribution < -0.4 is 16.0 Å². The van der Waals surface area contributed by atoms with Gasteiger partial charge in [-0.25, -0.2) is 4.79 Å². The van der Waals surface area contributed by atoms with Gasteiger partial charge in [0.2, 0.25) is 17.7 Å². The number of ether oxygens (including phenoxy) is 5. The lowest BCUT2D eigenvalue weighted by molar-refractivity contribution is -0.246. The van der Waals surface area contributed by atoms with Crippen molar-refractivity contribution in [3.8, 4) is 0 Å². The van der Waals surface area contributed by atoms with E-state index < -0.39 is 73.7 Å². The number of hydrogen-bond donors (Lipinski definition) is 6. The Bertz CT molecular complexity index is 1710. The molecule has 0 radical (unpaired) electrons. The van der Waals surface area contributed by atoms with E-state index in [-0.39, 0.29) is 49.7 Å². The zero-order valence-electron chi connectivity index (χ0n) is 64.4. The number of unbranched alkanes of at least 4 members (excludes halogenated alkanes) is 45. The number of carboxylic acid groups (broad SMARTS) is 1. The van der Waals surface area contributed by atoms with Crippen LogP contribution in [-0.2, 0) is 47.0 Å². The lowest BCUT2D eigenvalue weighted by atomic mass is 9.93. The molecular formula is C81H157N3O13S. The Morgan fingerprint density at radius 3 is 0.949 bits per heavy atom. The molecule has 6 N–H and O–H groups in total. The maximum absolute atomic E-state index is 14.8. The van der Waals surface area contributed by atoms with Crippen LogP contribution in [0.1, 0.15) is 408 Å². The average Bonchev–Trinajstić information content (AvgIpc) is 0.788. The highest BCUT2D eigenvalue weighted by molar-refractivity contribution is 7.88. The summed E-state index contributed by atoms with van der Waals surface area (Å²) in [5.41, 5.74) is 0. The van der Waals surface area contributed by atoms with Crippen LogP contribution in [0, 0.1) is 0 Å². The minimum absolute atomic E-state index is 0.00413. The highest BCUT2D eigenvalue weighted by Crippen LogP contribution is 2.29. The molecule has 9 atom stereocenters. The molecule has 1 heterocycles. The van der Waals surface area contributed by atoms with Crippen LogP contribution >= 0.6 is 12.3 Å². The normalized spacial score (nSPS) is 17.6. The van der Waals surface area contributed by atoms with Gasteiger partial charge >= 0.3 is 5.97 Å². The first-order valence-corrected chi connectivity index (χ1v) is 42.5. The molecule has 0 aromatic heterocycles. The summed E-state index contributed by atoms with van der Waals surface area (Å²) >= 11 is 0.0686. The Kier molecular flexibility index (Phi) is 67.6. The minimum atomic E-state index is -1.53. The van der Waals surface area contributed by atoms with E-state index in [0.717, 1.165) is 116 Å². The summed E-state index contributed by atoms with van der Waals surface area (Å²) in [5.74, 6) is -2.59. The van der Waals surface area contributed by atoms with E-state index in [1.807, 2.05) is 0 Å². The summed E-state index contributed by atoms with van der Waals surface area (Å²) in [6.07, 6.45) is 56.4. The molecule has 1 aliphatic rings. The molecule has 0 aromatic carbocycles. The maximum atomic E-state index is 14.8. The van der Waals surface area contributed by atoms with E-state index in [2.05, 4.69) is 57.5 Å². The molecule has 0 aliphatic carbocycles. The average molecular weight is 1410 g/mol. The van der Waals surface area contributed by atoms with Gasteiger partial charge in [-0.1, -0.05) is 350 Å². The van der Waals surface area contributed by atoms with Gasteiger partial charge in [-0.3, -0.25) is 18.6 Å². The van der Waals surface area contributed by atoms with Crippen LogP contribution in [-0.4, -0.2) is 126 Å². The molecule has 1 rings (SSSR count). The second kappa shape index (κ2) is 70.6. The molecule has 3 amide bonds. The molecule has 17 heteroatoms. The van der Waals surface area contributed by atoms with Crippen LogP contribution in [0.25, 0.3) is 0 Å². The highest BCUT2D eigenvalue weighted by atomic mass is 32.2. The predicted molar refractivity (Wildman–Crippen MR) is 407 cm³/mol. The maximum Gasteiger partial charge on any atom is 0.328 e. The number of carbonyl (C=O) groups is 4. The quantitative estimate of drug-likeness (QED) is 0.0246. The van der Waals surface area contributed by atoms with Gasteiger partial charge in [0.1, 0.15) is 18.2 Å². The van der Waals surface area contributed by atoms with Crippen molar-refractivity contribution in [2.75, 3.05) is 33.0 Å². The predicted octanol–water partition coefficient (Wildman–Crippen LogP) is 21.3. The van der Waals surface area contributed by atoms with E-state index in [9.17, 15) is 33.9 Å². The number of rotatable bonds is 76.